The molecular formula is C18H20F2N2O2. The summed E-state index contributed by atoms with van der Waals surface area (Å²) in [5, 5.41) is 14.8. The molecule has 2 aromatic rings. The average Bonchev–Trinajstić information content (AvgIpc) is 2.59. The van der Waals surface area contributed by atoms with Crippen molar-refractivity contribution >= 4 is 11.6 Å². The van der Waals surface area contributed by atoms with Crippen LogP contribution in [-0.2, 0) is 6.54 Å². The number of nitrogens with one attached hydrogen (secondary N) is 2. The summed E-state index contributed by atoms with van der Waals surface area (Å²) < 4.78 is 26.4. The number of aliphatic hydroxyl groups excluding tert-OH is 1. The third-order valence-corrected chi connectivity index (χ3v) is 3.69. The van der Waals surface area contributed by atoms with Gasteiger partial charge >= 0.3 is 0 Å². The second-order valence-corrected chi connectivity index (χ2v) is 5.43. The number of benzene rings is 2. The van der Waals surface area contributed by atoms with E-state index in [9.17, 15) is 13.6 Å². The zero-order valence-electron chi connectivity index (χ0n) is 13.4. The molecule has 4 nitrogen and oxygen atoms in total. The summed E-state index contributed by atoms with van der Waals surface area (Å²) >= 11 is 0. The largest absolute Gasteiger partial charge is 0.394 e. The number of anilines is 1. The quantitative estimate of drug-likeness (QED) is 0.729. The number of carbonyl (C=O) groups excluding carboxylic acids is 1. The third-order valence-electron chi connectivity index (χ3n) is 3.69. The first-order valence-corrected chi connectivity index (χ1v) is 7.73. The highest BCUT2D eigenvalue weighted by Gasteiger charge is 2.11. The maximum atomic E-state index is 13.6. The van der Waals surface area contributed by atoms with Gasteiger partial charge in [-0.1, -0.05) is 13.0 Å². The highest BCUT2D eigenvalue weighted by molar-refractivity contribution is 5.94. The van der Waals surface area contributed by atoms with Crippen molar-refractivity contribution in [2.75, 3.05) is 11.9 Å². The monoisotopic (exact) mass is 334 g/mol. The molecule has 1 atom stereocenters. The Kier molecular flexibility index (Phi) is 6.26. The Bertz CT molecular complexity index is 686. The van der Waals surface area contributed by atoms with E-state index in [1.807, 2.05) is 6.92 Å². The van der Waals surface area contributed by atoms with Gasteiger partial charge in [-0.25, -0.2) is 8.78 Å². The molecule has 3 N–H and O–H groups in total. The van der Waals surface area contributed by atoms with E-state index in [-0.39, 0.29) is 25.1 Å². The molecule has 0 saturated heterocycles. The van der Waals surface area contributed by atoms with E-state index in [0.717, 1.165) is 6.07 Å². The van der Waals surface area contributed by atoms with Crippen LogP contribution in [0.15, 0.2) is 42.5 Å². The van der Waals surface area contributed by atoms with Gasteiger partial charge in [0.2, 0.25) is 0 Å². The van der Waals surface area contributed by atoms with E-state index < -0.39 is 11.6 Å². The molecule has 0 aromatic heterocycles. The highest BCUT2D eigenvalue weighted by Crippen LogP contribution is 2.14. The number of hydrogen-bond acceptors (Lipinski definition) is 3. The molecule has 0 aliphatic carbocycles. The van der Waals surface area contributed by atoms with E-state index in [2.05, 4.69) is 10.6 Å². The predicted octanol–water partition coefficient (Wildman–Crippen LogP) is 3.08. The number of halogens is 2. The number of aliphatic hydroxyl groups is 1. The van der Waals surface area contributed by atoms with Crippen LogP contribution in [0, 0.1) is 11.6 Å². The normalized spacial score (nSPS) is 11.8. The molecule has 2 rings (SSSR count). The number of carbonyl (C=O) groups is 1. The second-order valence-electron chi connectivity index (χ2n) is 5.43. The van der Waals surface area contributed by atoms with Gasteiger partial charge in [-0.05, 0) is 36.8 Å². The molecule has 24 heavy (non-hydrogen) atoms. The summed E-state index contributed by atoms with van der Waals surface area (Å²) in [4.78, 5) is 12.0. The van der Waals surface area contributed by atoms with Crippen molar-refractivity contribution in [3.63, 3.8) is 0 Å². The van der Waals surface area contributed by atoms with Gasteiger partial charge < -0.3 is 15.7 Å². The summed E-state index contributed by atoms with van der Waals surface area (Å²) in [5.41, 5.74) is 1.54. The molecule has 2 aromatic carbocycles. The van der Waals surface area contributed by atoms with Gasteiger partial charge in [-0.2, -0.15) is 0 Å². The van der Waals surface area contributed by atoms with Crippen molar-refractivity contribution in [1.82, 2.24) is 5.32 Å². The highest BCUT2D eigenvalue weighted by atomic mass is 19.1. The number of rotatable bonds is 7. The fourth-order valence-corrected chi connectivity index (χ4v) is 2.15. The van der Waals surface area contributed by atoms with E-state index in [0.29, 0.717) is 23.2 Å². The number of amides is 1. The Morgan fingerprint density at radius 3 is 2.46 bits per heavy atom. The van der Waals surface area contributed by atoms with Crippen LogP contribution >= 0.6 is 0 Å². The summed E-state index contributed by atoms with van der Waals surface area (Å²) in [6.45, 7) is 1.98. The van der Waals surface area contributed by atoms with Crippen molar-refractivity contribution in [3.05, 3.63) is 65.2 Å². The first-order valence-electron chi connectivity index (χ1n) is 7.73. The minimum absolute atomic E-state index is 0.106. The Hall–Kier alpha value is -2.47. The van der Waals surface area contributed by atoms with Crippen molar-refractivity contribution in [3.8, 4) is 0 Å². The average molecular weight is 334 g/mol. The molecule has 0 fully saturated rings. The summed E-state index contributed by atoms with van der Waals surface area (Å²) in [6, 6.07) is 9.86. The topological polar surface area (TPSA) is 61.4 Å². The Morgan fingerprint density at radius 2 is 1.88 bits per heavy atom. The molecule has 0 heterocycles. The molecule has 0 spiro atoms. The lowest BCUT2D eigenvalue weighted by molar-refractivity contribution is 0.0915. The summed E-state index contributed by atoms with van der Waals surface area (Å²) in [7, 11) is 0. The maximum absolute atomic E-state index is 13.6. The van der Waals surface area contributed by atoms with Gasteiger partial charge in [-0.15, -0.1) is 0 Å². The van der Waals surface area contributed by atoms with E-state index >= 15 is 0 Å². The molecule has 128 valence electrons. The van der Waals surface area contributed by atoms with Gasteiger partial charge in [0.1, 0.15) is 11.6 Å². The Labute approximate surface area is 139 Å². The van der Waals surface area contributed by atoms with Gasteiger partial charge in [0.25, 0.3) is 5.91 Å². The molecule has 1 amide bonds. The van der Waals surface area contributed by atoms with Crippen molar-refractivity contribution in [2.24, 2.45) is 0 Å². The van der Waals surface area contributed by atoms with Crippen molar-refractivity contribution in [1.29, 1.82) is 0 Å². The predicted molar refractivity (Wildman–Crippen MR) is 88.8 cm³/mol. The standard InChI is InChI=1S/C18H20F2N2O2/c1-2-15(11-23)22-18(24)12-4-7-16(8-5-12)21-10-13-3-6-14(19)9-17(13)20/h3-9,15,21,23H,2,10-11H2,1H3,(H,22,24). The maximum Gasteiger partial charge on any atom is 0.251 e. The smallest absolute Gasteiger partial charge is 0.251 e. The van der Waals surface area contributed by atoms with E-state index in [4.69, 9.17) is 5.11 Å². The van der Waals surface area contributed by atoms with Gasteiger partial charge in [0, 0.05) is 29.4 Å². The summed E-state index contributed by atoms with van der Waals surface area (Å²) in [5.74, 6) is -1.47. The lowest BCUT2D eigenvalue weighted by Gasteiger charge is -2.14. The van der Waals surface area contributed by atoms with E-state index in [1.165, 1.54) is 12.1 Å². The van der Waals surface area contributed by atoms with Crippen LogP contribution < -0.4 is 10.6 Å². The van der Waals surface area contributed by atoms with Gasteiger partial charge in [0.15, 0.2) is 0 Å². The number of hydrogen-bond donors (Lipinski definition) is 3. The Morgan fingerprint density at radius 1 is 1.17 bits per heavy atom. The Balaban J connectivity index is 1.95. The molecule has 0 aliphatic rings. The SMILES string of the molecule is CCC(CO)NC(=O)c1ccc(NCc2ccc(F)cc2F)cc1. The molecule has 0 bridgehead atoms. The third kappa shape index (κ3) is 4.76. The first-order chi connectivity index (χ1) is 11.5. The summed E-state index contributed by atoms with van der Waals surface area (Å²) in [6.07, 6.45) is 0.644. The van der Waals surface area contributed by atoms with Crippen LogP contribution in [-0.4, -0.2) is 23.7 Å². The van der Waals surface area contributed by atoms with Crippen LogP contribution in [0.4, 0.5) is 14.5 Å². The van der Waals surface area contributed by atoms with E-state index in [1.54, 1.807) is 24.3 Å². The molecule has 0 radical (unpaired) electrons. The van der Waals surface area contributed by atoms with Crippen LogP contribution in [0.25, 0.3) is 0 Å². The molecule has 0 aliphatic heterocycles. The minimum Gasteiger partial charge on any atom is -0.394 e. The lowest BCUT2D eigenvalue weighted by Crippen LogP contribution is -2.36. The molecule has 1 unspecified atom stereocenters. The molecule has 6 heteroatoms. The molecular weight excluding hydrogens is 314 g/mol. The van der Waals surface area contributed by atoms with Crippen LogP contribution in [0.2, 0.25) is 0 Å². The van der Waals surface area contributed by atoms with Crippen LogP contribution in [0.3, 0.4) is 0 Å². The van der Waals surface area contributed by atoms with Crippen LogP contribution in [0.1, 0.15) is 29.3 Å². The van der Waals surface area contributed by atoms with Gasteiger partial charge in [-0.3, -0.25) is 4.79 Å². The second kappa shape index (κ2) is 8.40. The zero-order valence-corrected chi connectivity index (χ0v) is 13.4. The van der Waals surface area contributed by atoms with Gasteiger partial charge in [0.05, 0.1) is 12.6 Å². The zero-order chi connectivity index (χ0) is 17.5. The molecule has 0 saturated carbocycles. The lowest BCUT2D eigenvalue weighted by atomic mass is 10.1. The van der Waals surface area contributed by atoms with Crippen LogP contribution in [0.5, 0.6) is 0 Å². The fourth-order valence-electron chi connectivity index (χ4n) is 2.15. The fraction of sp³-hybridized carbons (Fsp3) is 0.278. The van der Waals surface area contributed by atoms with Crippen molar-refractivity contribution in [2.45, 2.75) is 25.9 Å². The first kappa shape index (κ1) is 17.9. The minimum atomic E-state index is -0.611. The van der Waals surface area contributed by atoms with Crippen molar-refractivity contribution < 1.29 is 18.7 Å².